The van der Waals surface area contributed by atoms with Crippen molar-refractivity contribution in [2.75, 3.05) is 9.80 Å². The quantitative estimate of drug-likeness (QED) is 0.526. The highest BCUT2D eigenvalue weighted by molar-refractivity contribution is 6.12. The van der Waals surface area contributed by atoms with E-state index in [1.54, 1.807) is 6.07 Å². The molecule has 0 unspecified atom stereocenters. The lowest BCUT2D eigenvalue weighted by atomic mass is 9.86. The average molecular weight is 541 g/mol. The second-order valence-electron chi connectivity index (χ2n) is 11.1. The predicted octanol–water partition coefficient (Wildman–Crippen LogP) is 3.77. The zero-order chi connectivity index (χ0) is 28.7. The third kappa shape index (κ3) is 4.68. The summed E-state index contributed by atoms with van der Waals surface area (Å²) in [6.07, 6.45) is 4.78. The Hall–Kier alpha value is -4.65. The first kappa shape index (κ1) is 26.9. The number of carbonyl (C=O) groups is 3. The molecule has 1 fully saturated rings. The molecule has 1 saturated heterocycles. The number of hydrogen-bond acceptors (Lipinski definition) is 6. The van der Waals surface area contributed by atoms with Crippen LogP contribution in [0.25, 0.3) is 0 Å². The van der Waals surface area contributed by atoms with Gasteiger partial charge in [-0.05, 0) is 63.3 Å². The number of nitrogens with one attached hydrogen (secondary N) is 1. The summed E-state index contributed by atoms with van der Waals surface area (Å²) >= 11 is 0. The second-order valence-corrected chi connectivity index (χ2v) is 11.1. The fraction of sp³-hybridized carbons (Fsp3) is 0.333. The Kier molecular flexibility index (Phi) is 6.84. The summed E-state index contributed by atoms with van der Waals surface area (Å²) in [7, 11) is 0. The molecule has 9 nitrogen and oxygen atoms in total. The number of pyridine rings is 2. The first-order valence-corrected chi connectivity index (χ1v) is 13.1. The molecule has 0 saturated carbocycles. The molecule has 0 bridgehead atoms. The zero-order valence-corrected chi connectivity index (χ0v) is 22.5. The summed E-state index contributed by atoms with van der Waals surface area (Å²) in [4.78, 5) is 53.0. The molecule has 2 aliphatic rings. The van der Waals surface area contributed by atoms with Gasteiger partial charge in [-0.3, -0.25) is 29.2 Å². The van der Waals surface area contributed by atoms with Crippen LogP contribution in [0.3, 0.4) is 0 Å². The number of nitrogens with zero attached hydrogens (tertiary/aromatic N) is 5. The lowest BCUT2D eigenvalue weighted by Crippen LogP contribution is -2.63. The first-order chi connectivity index (χ1) is 19.0. The van der Waals surface area contributed by atoms with Crippen molar-refractivity contribution in [1.29, 1.82) is 5.26 Å². The van der Waals surface area contributed by atoms with Crippen molar-refractivity contribution in [3.05, 3.63) is 83.6 Å². The Morgan fingerprint density at radius 3 is 2.67 bits per heavy atom. The van der Waals surface area contributed by atoms with Crippen LogP contribution in [0.15, 0.2) is 61.1 Å². The number of halogens is 1. The Morgan fingerprint density at radius 2 is 1.95 bits per heavy atom. The number of amides is 3. The van der Waals surface area contributed by atoms with Gasteiger partial charge in [-0.25, -0.2) is 9.37 Å². The van der Waals surface area contributed by atoms with Gasteiger partial charge < -0.3 is 5.32 Å². The molecule has 1 N–H and O–H groups in total. The van der Waals surface area contributed by atoms with E-state index in [1.807, 2.05) is 45.0 Å². The molecule has 5 rings (SSSR count). The molecular weight excluding hydrogens is 511 g/mol. The van der Waals surface area contributed by atoms with Gasteiger partial charge in [-0.2, -0.15) is 5.26 Å². The number of carbonyl (C=O) groups excluding carboxylic acids is 3. The van der Waals surface area contributed by atoms with Crippen LogP contribution in [0, 0.1) is 17.1 Å². The maximum absolute atomic E-state index is 14.7. The number of aryl methyl sites for hydroxylation is 1. The number of nitriles is 1. The monoisotopic (exact) mass is 540 g/mol. The molecule has 1 aliphatic carbocycles. The van der Waals surface area contributed by atoms with Gasteiger partial charge in [0.05, 0.1) is 29.7 Å². The van der Waals surface area contributed by atoms with Gasteiger partial charge in [-0.1, -0.05) is 24.3 Å². The van der Waals surface area contributed by atoms with E-state index in [0.717, 1.165) is 11.8 Å². The van der Waals surface area contributed by atoms with Gasteiger partial charge >= 0.3 is 0 Å². The number of aromatic nitrogens is 2. The summed E-state index contributed by atoms with van der Waals surface area (Å²) in [6, 6.07) is 12.5. The molecule has 3 heterocycles. The summed E-state index contributed by atoms with van der Waals surface area (Å²) in [5.41, 5.74) is -0.244. The molecule has 0 spiro atoms. The highest BCUT2D eigenvalue weighted by atomic mass is 19.1. The molecule has 0 radical (unpaired) electrons. The van der Waals surface area contributed by atoms with Gasteiger partial charge in [0.15, 0.2) is 5.54 Å². The van der Waals surface area contributed by atoms with Gasteiger partial charge in [-0.15, -0.1) is 0 Å². The maximum Gasteiger partial charge on any atom is 0.251 e. The third-order valence-corrected chi connectivity index (χ3v) is 7.25. The molecule has 2 atom stereocenters. The lowest BCUT2D eigenvalue weighted by Gasteiger charge is -2.43. The van der Waals surface area contributed by atoms with E-state index in [2.05, 4.69) is 15.3 Å². The minimum absolute atomic E-state index is 0.0713. The van der Waals surface area contributed by atoms with Crippen molar-refractivity contribution >= 4 is 29.2 Å². The molecule has 40 heavy (non-hydrogen) atoms. The normalized spacial score (nSPS) is 20.1. The Morgan fingerprint density at radius 1 is 1.18 bits per heavy atom. The topological polar surface area (TPSA) is 119 Å². The van der Waals surface area contributed by atoms with E-state index in [1.165, 1.54) is 40.4 Å². The third-order valence-electron chi connectivity index (χ3n) is 7.25. The van der Waals surface area contributed by atoms with Crippen LogP contribution in [0.2, 0.25) is 0 Å². The number of rotatable bonds is 5. The van der Waals surface area contributed by atoms with Crippen LogP contribution in [0.5, 0.6) is 0 Å². The van der Waals surface area contributed by atoms with E-state index >= 15 is 0 Å². The van der Waals surface area contributed by atoms with Crippen LogP contribution in [-0.4, -0.2) is 39.3 Å². The van der Waals surface area contributed by atoms with Crippen LogP contribution < -0.4 is 15.1 Å². The summed E-state index contributed by atoms with van der Waals surface area (Å²) in [5.74, 6) is -1.82. The largest absolute Gasteiger partial charge is 0.349 e. The Bertz CT molecular complexity index is 1540. The molecule has 204 valence electrons. The first-order valence-electron chi connectivity index (χ1n) is 13.1. The van der Waals surface area contributed by atoms with Crippen LogP contribution >= 0.6 is 0 Å². The van der Waals surface area contributed by atoms with Gasteiger partial charge in [0, 0.05) is 24.2 Å². The number of hydrogen-bond donors (Lipinski definition) is 1. The van der Waals surface area contributed by atoms with Crippen molar-refractivity contribution < 1.29 is 18.8 Å². The molecule has 1 aromatic carbocycles. The Labute approximate surface area is 231 Å². The van der Waals surface area contributed by atoms with E-state index in [0.29, 0.717) is 12.0 Å². The Balaban J connectivity index is 1.71. The summed E-state index contributed by atoms with van der Waals surface area (Å²) in [5, 5.41) is 12.4. The minimum atomic E-state index is -1.53. The minimum Gasteiger partial charge on any atom is -0.349 e. The second kappa shape index (κ2) is 10.2. The fourth-order valence-electron chi connectivity index (χ4n) is 5.64. The highest BCUT2D eigenvalue weighted by Gasteiger charge is 2.55. The van der Waals surface area contributed by atoms with Gasteiger partial charge in [0.1, 0.15) is 17.7 Å². The van der Waals surface area contributed by atoms with Crippen LogP contribution in [-0.2, 0) is 26.3 Å². The van der Waals surface area contributed by atoms with E-state index in [4.69, 9.17) is 0 Å². The maximum atomic E-state index is 14.7. The van der Waals surface area contributed by atoms with Crippen LogP contribution in [0.4, 0.5) is 15.9 Å². The standard InChI is InChI=1S/C30H29FN6O3/c1-29(2,3)35-28(40)30(12-10-20-6-4-5-7-23(20)30)37(22-15-21(31)17-33-18-22)27(39)24-8-9-26(38)36(24)25-14-19(16-32)11-13-34-25/h4-7,11,13-15,17-18,24H,8-10,12H2,1-3H3,(H,35,40)/t24-,30-/m0/s1. The molecule has 3 amide bonds. The molecule has 2 aromatic heterocycles. The summed E-state index contributed by atoms with van der Waals surface area (Å²) in [6.45, 7) is 5.54. The van der Waals surface area contributed by atoms with Gasteiger partial charge in [0.25, 0.3) is 11.8 Å². The predicted molar refractivity (Wildman–Crippen MR) is 145 cm³/mol. The van der Waals surface area contributed by atoms with E-state index in [9.17, 15) is 24.0 Å². The highest BCUT2D eigenvalue weighted by Crippen LogP contribution is 2.46. The van der Waals surface area contributed by atoms with Crippen molar-refractivity contribution in [2.24, 2.45) is 0 Å². The van der Waals surface area contributed by atoms with Gasteiger partial charge in [0.2, 0.25) is 5.91 Å². The van der Waals surface area contributed by atoms with Crippen molar-refractivity contribution in [3.63, 3.8) is 0 Å². The van der Waals surface area contributed by atoms with Crippen LogP contribution in [0.1, 0.15) is 56.7 Å². The molecule has 3 aromatic rings. The molecular formula is C30H29FN6O3. The number of fused-ring (bicyclic) bond motifs is 1. The van der Waals surface area contributed by atoms with Crippen molar-refractivity contribution in [3.8, 4) is 6.07 Å². The fourth-order valence-corrected chi connectivity index (χ4v) is 5.64. The lowest BCUT2D eigenvalue weighted by molar-refractivity contribution is -0.132. The molecule has 1 aliphatic heterocycles. The zero-order valence-electron chi connectivity index (χ0n) is 22.5. The smallest absolute Gasteiger partial charge is 0.251 e. The molecule has 10 heteroatoms. The number of anilines is 2. The van der Waals surface area contributed by atoms with E-state index < -0.39 is 34.8 Å². The van der Waals surface area contributed by atoms with Crippen molar-refractivity contribution in [2.45, 2.75) is 63.6 Å². The van der Waals surface area contributed by atoms with Crippen molar-refractivity contribution in [1.82, 2.24) is 15.3 Å². The number of benzene rings is 1. The summed E-state index contributed by atoms with van der Waals surface area (Å²) < 4.78 is 14.6. The van der Waals surface area contributed by atoms with E-state index in [-0.39, 0.29) is 42.2 Å². The average Bonchev–Trinajstić information content (AvgIpc) is 3.50. The SMILES string of the molecule is CC(C)(C)NC(=O)[C@]1(N(C(=O)[C@@H]2CCC(=O)N2c2cc(C#N)ccn2)c2cncc(F)c2)CCc2ccccc21.